The molecule has 0 aliphatic rings. The van der Waals surface area contributed by atoms with Crippen LogP contribution in [0.5, 0.6) is 0 Å². The van der Waals surface area contributed by atoms with Crippen LogP contribution < -0.4 is 5.73 Å². The molecular formula is C10H13ClFNO. The molecule has 0 heterocycles. The fraction of sp³-hybridized carbons (Fsp3) is 0.400. The van der Waals surface area contributed by atoms with Crippen LogP contribution in [0.1, 0.15) is 12.5 Å². The summed E-state index contributed by atoms with van der Waals surface area (Å²) in [6.45, 7) is 1.62. The predicted molar refractivity (Wildman–Crippen MR) is 54.8 cm³/mol. The Labute approximate surface area is 87.5 Å². The topological polar surface area (TPSA) is 46.2 Å². The molecule has 78 valence electrons. The van der Waals surface area contributed by atoms with E-state index < -0.39 is 11.4 Å². The van der Waals surface area contributed by atoms with Gasteiger partial charge in [0, 0.05) is 23.6 Å². The van der Waals surface area contributed by atoms with Gasteiger partial charge in [-0.2, -0.15) is 0 Å². The summed E-state index contributed by atoms with van der Waals surface area (Å²) < 4.78 is 13.3. The number of halogens is 2. The molecule has 1 unspecified atom stereocenters. The second-order valence-corrected chi connectivity index (χ2v) is 3.99. The van der Waals surface area contributed by atoms with E-state index in [1.165, 1.54) is 12.1 Å². The van der Waals surface area contributed by atoms with Crippen LogP contribution in [0.2, 0.25) is 5.02 Å². The van der Waals surface area contributed by atoms with Crippen molar-refractivity contribution in [1.82, 2.24) is 0 Å². The number of hydrogen-bond acceptors (Lipinski definition) is 2. The molecule has 0 aromatic heterocycles. The number of rotatable bonds is 3. The monoisotopic (exact) mass is 217 g/mol. The van der Waals surface area contributed by atoms with Crippen LogP contribution in [-0.4, -0.2) is 17.3 Å². The zero-order valence-electron chi connectivity index (χ0n) is 7.93. The van der Waals surface area contributed by atoms with Gasteiger partial charge in [0.15, 0.2) is 0 Å². The molecule has 0 saturated carbocycles. The summed E-state index contributed by atoms with van der Waals surface area (Å²) in [5, 5.41) is 9.99. The first-order chi connectivity index (χ1) is 6.46. The third-order valence-corrected chi connectivity index (χ3v) is 2.41. The smallest absolute Gasteiger partial charge is 0.127 e. The first-order valence-electron chi connectivity index (χ1n) is 4.31. The molecule has 0 aliphatic heterocycles. The van der Waals surface area contributed by atoms with E-state index in [-0.39, 0.29) is 13.0 Å². The number of benzene rings is 1. The standard InChI is InChI=1S/C10H13ClFNO/c1-10(14,6-13)5-7-8(11)3-2-4-9(7)12/h2-4,14H,5-6,13H2,1H3. The van der Waals surface area contributed by atoms with Crippen LogP contribution in [0.4, 0.5) is 4.39 Å². The molecule has 0 bridgehead atoms. The molecule has 0 amide bonds. The van der Waals surface area contributed by atoms with Crippen molar-refractivity contribution in [3.05, 3.63) is 34.6 Å². The maximum atomic E-state index is 13.3. The van der Waals surface area contributed by atoms with Gasteiger partial charge in [0.2, 0.25) is 0 Å². The van der Waals surface area contributed by atoms with Crippen LogP contribution in [0.3, 0.4) is 0 Å². The Morgan fingerprint density at radius 3 is 2.71 bits per heavy atom. The zero-order chi connectivity index (χ0) is 10.8. The highest BCUT2D eigenvalue weighted by Crippen LogP contribution is 2.23. The van der Waals surface area contributed by atoms with Crippen molar-refractivity contribution in [2.45, 2.75) is 18.9 Å². The van der Waals surface area contributed by atoms with Gasteiger partial charge in [-0.1, -0.05) is 17.7 Å². The van der Waals surface area contributed by atoms with Crippen LogP contribution in [0.25, 0.3) is 0 Å². The molecule has 0 saturated heterocycles. The van der Waals surface area contributed by atoms with Crippen LogP contribution in [0.15, 0.2) is 18.2 Å². The van der Waals surface area contributed by atoms with Crippen molar-refractivity contribution < 1.29 is 9.50 Å². The molecule has 0 aliphatic carbocycles. The molecular weight excluding hydrogens is 205 g/mol. The molecule has 14 heavy (non-hydrogen) atoms. The lowest BCUT2D eigenvalue weighted by Gasteiger charge is -2.21. The second kappa shape index (κ2) is 4.26. The minimum absolute atomic E-state index is 0.0671. The van der Waals surface area contributed by atoms with Crippen molar-refractivity contribution in [3.8, 4) is 0 Å². The molecule has 1 aromatic rings. The van der Waals surface area contributed by atoms with Gasteiger partial charge < -0.3 is 10.8 Å². The summed E-state index contributed by atoms with van der Waals surface area (Å²) in [6.07, 6.45) is 0.120. The molecule has 3 N–H and O–H groups in total. The largest absolute Gasteiger partial charge is 0.389 e. The van der Waals surface area contributed by atoms with Gasteiger partial charge in [-0.05, 0) is 19.1 Å². The minimum atomic E-state index is -1.12. The van der Waals surface area contributed by atoms with E-state index in [1.807, 2.05) is 0 Å². The molecule has 2 nitrogen and oxygen atoms in total. The quantitative estimate of drug-likeness (QED) is 0.810. The SMILES string of the molecule is CC(O)(CN)Cc1c(F)cccc1Cl. The van der Waals surface area contributed by atoms with Crippen molar-refractivity contribution in [1.29, 1.82) is 0 Å². The molecule has 1 aromatic carbocycles. The van der Waals surface area contributed by atoms with Gasteiger partial charge >= 0.3 is 0 Å². The van der Waals surface area contributed by atoms with Crippen molar-refractivity contribution in [3.63, 3.8) is 0 Å². The van der Waals surface area contributed by atoms with E-state index in [0.717, 1.165) is 0 Å². The van der Waals surface area contributed by atoms with Crippen molar-refractivity contribution in [2.24, 2.45) is 5.73 Å². The maximum Gasteiger partial charge on any atom is 0.127 e. The van der Waals surface area contributed by atoms with Gasteiger partial charge in [0.25, 0.3) is 0 Å². The Balaban J connectivity index is 2.97. The Kier molecular flexibility index (Phi) is 3.48. The lowest BCUT2D eigenvalue weighted by Crippen LogP contribution is -2.36. The molecule has 0 fully saturated rings. The van der Waals surface area contributed by atoms with E-state index in [9.17, 15) is 9.50 Å². The second-order valence-electron chi connectivity index (χ2n) is 3.58. The Bertz CT molecular complexity index is 308. The predicted octanol–water partition coefficient (Wildman–Crippen LogP) is 1.73. The summed E-state index contributed by atoms with van der Waals surface area (Å²) >= 11 is 5.80. The molecule has 1 atom stereocenters. The lowest BCUT2D eigenvalue weighted by atomic mass is 9.96. The maximum absolute atomic E-state index is 13.3. The number of aliphatic hydroxyl groups is 1. The average molecular weight is 218 g/mol. The highest BCUT2D eigenvalue weighted by molar-refractivity contribution is 6.31. The number of nitrogens with two attached hydrogens (primary N) is 1. The van der Waals surface area contributed by atoms with Gasteiger partial charge in [-0.25, -0.2) is 4.39 Å². The Morgan fingerprint density at radius 1 is 1.57 bits per heavy atom. The average Bonchev–Trinajstić information content (AvgIpc) is 2.12. The first-order valence-corrected chi connectivity index (χ1v) is 4.69. The summed E-state index contributed by atoms with van der Waals surface area (Å²) in [5.74, 6) is -0.411. The van der Waals surface area contributed by atoms with E-state index in [2.05, 4.69) is 0 Å². The third kappa shape index (κ3) is 2.67. The van der Waals surface area contributed by atoms with E-state index >= 15 is 0 Å². The van der Waals surface area contributed by atoms with Crippen LogP contribution >= 0.6 is 11.6 Å². The van der Waals surface area contributed by atoms with Crippen molar-refractivity contribution >= 4 is 11.6 Å². The lowest BCUT2D eigenvalue weighted by molar-refractivity contribution is 0.0687. The van der Waals surface area contributed by atoms with Crippen LogP contribution in [0, 0.1) is 5.82 Å². The van der Waals surface area contributed by atoms with E-state index in [0.29, 0.717) is 10.6 Å². The fourth-order valence-electron chi connectivity index (χ4n) is 1.15. The summed E-state index contributed by atoms with van der Waals surface area (Å²) in [4.78, 5) is 0. The molecule has 1 rings (SSSR count). The third-order valence-electron chi connectivity index (χ3n) is 2.06. The fourth-order valence-corrected chi connectivity index (χ4v) is 1.38. The summed E-state index contributed by atoms with van der Waals surface area (Å²) in [7, 11) is 0. The van der Waals surface area contributed by atoms with Gasteiger partial charge in [-0.15, -0.1) is 0 Å². The first kappa shape index (κ1) is 11.4. The van der Waals surface area contributed by atoms with E-state index in [4.69, 9.17) is 17.3 Å². The van der Waals surface area contributed by atoms with E-state index in [1.54, 1.807) is 13.0 Å². The molecule has 4 heteroatoms. The minimum Gasteiger partial charge on any atom is -0.389 e. The summed E-state index contributed by atoms with van der Waals surface area (Å²) in [5.41, 5.74) is 4.53. The van der Waals surface area contributed by atoms with Gasteiger partial charge in [0.1, 0.15) is 5.82 Å². The Hall–Kier alpha value is -0.640. The van der Waals surface area contributed by atoms with Gasteiger partial charge in [0.05, 0.1) is 5.60 Å². The van der Waals surface area contributed by atoms with Crippen LogP contribution in [-0.2, 0) is 6.42 Å². The highest BCUT2D eigenvalue weighted by atomic mass is 35.5. The summed E-state index contributed by atoms with van der Waals surface area (Å²) in [6, 6.07) is 4.43. The number of hydrogen-bond donors (Lipinski definition) is 2. The zero-order valence-corrected chi connectivity index (χ0v) is 8.68. The Morgan fingerprint density at radius 2 is 2.21 bits per heavy atom. The highest BCUT2D eigenvalue weighted by Gasteiger charge is 2.22. The molecule has 0 radical (unpaired) electrons. The molecule has 0 spiro atoms. The normalized spacial score (nSPS) is 15.2. The van der Waals surface area contributed by atoms with Gasteiger partial charge in [-0.3, -0.25) is 0 Å². The van der Waals surface area contributed by atoms with Crippen molar-refractivity contribution in [2.75, 3.05) is 6.54 Å².